The molecule has 0 spiro atoms. The largest absolute Gasteiger partial charge is 0.497 e. The standard InChI is InChI=1S/C31H28N2O4S/c1-36-25-17-18-27(28(21-25)37-2)33-31(35)30(23-12-7-4-8-13-23)38-26-15-9-14-24(20-26)32-29(34)19-16-22-10-5-3-6-11-22/h3-21,30H,1-2H3,(H,32,34)(H,33,35)/b19-16+. The first-order valence-corrected chi connectivity index (χ1v) is 12.8. The minimum absolute atomic E-state index is 0.204. The zero-order valence-corrected chi connectivity index (χ0v) is 21.9. The summed E-state index contributed by atoms with van der Waals surface area (Å²) in [5, 5.41) is 5.33. The Labute approximate surface area is 226 Å². The Kier molecular flexibility index (Phi) is 9.21. The van der Waals surface area contributed by atoms with Gasteiger partial charge in [0.05, 0.1) is 19.9 Å². The predicted octanol–water partition coefficient (Wildman–Crippen LogP) is 6.83. The molecule has 0 fully saturated rings. The van der Waals surface area contributed by atoms with Gasteiger partial charge in [-0.15, -0.1) is 11.8 Å². The molecule has 1 unspecified atom stereocenters. The van der Waals surface area contributed by atoms with Crippen molar-refractivity contribution in [2.75, 3.05) is 24.9 Å². The van der Waals surface area contributed by atoms with Gasteiger partial charge in [0.25, 0.3) is 0 Å². The highest BCUT2D eigenvalue weighted by molar-refractivity contribution is 8.00. The molecule has 4 aromatic carbocycles. The van der Waals surface area contributed by atoms with Gasteiger partial charge in [-0.2, -0.15) is 0 Å². The fourth-order valence-electron chi connectivity index (χ4n) is 3.70. The topological polar surface area (TPSA) is 76.7 Å². The number of nitrogens with one attached hydrogen (secondary N) is 2. The Morgan fingerprint density at radius 2 is 1.53 bits per heavy atom. The SMILES string of the molecule is COc1ccc(NC(=O)C(Sc2cccc(NC(=O)/C=C/c3ccccc3)c2)c2ccccc2)c(OC)c1. The molecule has 7 heteroatoms. The van der Waals surface area contributed by atoms with E-state index in [2.05, 4.69) is 10.6 Å². The number of methoxy groups -OCH3 is 2. The van der Waals surface area contributed by atoms with E-state index in [-0.39, 0.29) is 11.8 Å². The first-order chi connectivity index (χ1) is 18.6. The molecule has 0 saturated heterocycles. The number of thioether (sulfide) groups is 1. The predicted molar refractivity (Wildman–Crippen MR) is 154 cm³/mol. The highest BCUT2D eigenvalue weighted by atomic mass is 32.2. The first-order valence-electron chi connectivity index (χ1n) is 11.9. The molecule has 4 rings (SSSR count). The molecule has 0 bridgehead atoms. The van der Waals surface area contributed by atoms with Crippen LogP contribution >= 0.6 is 11.8 Å². The monoisotopic (exact) mass is 524 g/mol. The van der Waals surface area contributed by atoms with Gasteiger partial charge >= 0.3 is 0 Å². The van der Waals surface area contributed by atoms with Gasteiger partial charge in [0.2, 0.25) is 11.8 Å². The van der Waals surface area contributed by atoms with Crippen LogP contribution < -0.4 is 20.1 Å². The summed E-state index contributed by atoms with van der Waals surface area (Å²) in [7, 11) is 3.12. The minimum atomic E-state index is -0.549. The molecule has 1 atom stereocenters. The molecular formula is C31H28N2O4S. The van der Waals surface area contributed by atoms with Crippen LogP contribution in [0.4, 0.5) is 11.4 Å². The Morgan fingerprint density at radius 3 is 2.24 bits per heavy atom. The van der Waals surface area contributed by atoms with Crippen LogP contribution in [0.25, 0.3) is 6.08 Å². The fourth-order valence-corrected chi connectivity index (χ4v) is 4.79. The van der Waals surface area contributed by atoms with Gasteiger partial charge in [-0.3, -0.25) is 9.59 Å². The number of hydrogen-bond acceptors (Lipinski definition) is 5. The van der Waals surface area contributed by atoms with E-state index in [1.807, 2.05) is 84.9 Å². The second-order valence-electron chi connectivity index (χ2n) is 8.23. The summed E-state index contributed by atoms with van der Waals surface area (Å²) in [4.78, 5) is 26.8. The van der Waals surface area contributed by atoms with E-state index in [0.717, 1.165) is 16.0 Å². The zero-order valence-electron chi connectivity index (χ0n) is 21.1. The number of anilines is 2. The molecule has 0 saturated carbocycles. The molecule has 192 valence electrons. The van der Waals surface area contributed by atoms with E-state index < -0.39 is 5.25 Å². The fraction of sp³-hybridized carbons (Fsp3) is 0.0968. The normalized spacial score (nSPS) is 11.5. The summed E-state index contributed by atoms with van der Waals surface area (Å²) >= 11 is 1.39. The van der Waals surface area contributed by atoms with Crippen molar-refractivity contribution in [1.82, 2.24) is 0 Å². The van der Waals surface area contributed by atoms with E-state index in [1.165, 1.54) is 17.8 Å². The first kappa shape index (κ1) is 26.6. The molecule has 0 heterocycles. The maximum Gasteiger partial charge on any atom is 0.248 e. The third-order valence-electron chi connectivity index (χ3n) is 5.59. The van der Waals surface area contributed by atoms with Crippen LogP contribution in [0.15, 0.2) is 114 Å². The van der Waals surface area contributed by atoms with Crippen molar-refractivity contribution in [2.24, 2.45) is 0 Å². The zero-order chi connectivity index (χ0) is 26.7. The van der Waals surface area contributed by atoms with E-state index in [9.17, 15) is 9.59 Å². The number of carbonyl (C=O) groups excluding carboxylic acids is 2. The van der Waals surface area contributed by atoms with Crippen LogP contribution in [0, 0.1) is 0 Å². The quantitative estimate of drug-likeness (QED) is 0.176. The summed E-state index contributed by atoms with van der Waals surface area (Å²) in [6.07, 6.45) is 3.26. The summed E-state index contributed by atoms with van der Waals surface area (Å²) in [5.41, 5.74) is 2.98. The lowest BCUT2D eigenvalue weighted by atomic mass is 10.1. The molecular weight excluding hydrogens is 496 g/mol. The van der Waals surface area contributed by atoms with Gasteiger partial charge in [-0.05, 0) is 47.5 Å². The third-order valence-corrected chi connectivity index (χ3v) is 6.84. The summed E-state index contributed by atoms with van der Waals surface area (Å²) < 4.78 is 10.7. The van der Waals surface area contributed by atoms with Crippen molar-refractivity contribution in [2.45, 2.75) is 10.1 Å². The Balaban J connectivity index is 1.51. The lowest BCUT2D eigenvalue weighted by molar-refractivity contribution is -0.116. The summed E-state index contributed by atoms with van der Waals surface area (Å²) in [5.74, 6) is 0.693. The van der Waals surface area contributed by atoms with Crippen LogP contribution in [0.2, 0.25) is 0 Å². The van der Waals surface area contributed by atoms with Crippen LogP contribution in [0.5, 0.6) is 11.5 Å². The molecule has 0 aliphatic carbocycles. The van der Waals surface area contributed by atoms with Crippen molar-refractivity contribution in [3.05, 3.63) is 120 Å². The van der Waals surface area contributed by atoms with Gasteiger partial charge < -0.3 is 20.1 Å². The average Bonchev–Trinajstić information content (AvgIpc) is 2.96. The van der Waals surface area contributed by atoms with Crippen molar-refractivity contribution in [3.63, 3.8) is 0 Å². The maximum absolute atomic E-state index is 13.5. The lowest BCUT2D eigenvalue weighted by Gasteiger charge is -2.19. The van der Waals surface area contributed by atoms with Crippen molar-refractivity contribution < 1.29 is 19.1 Å². The highest BCUT2D eigenvalue weighted by Crippen LogP contribution is 2.38. The van der Waals surface area contributed by atoms with E-state index in [0.29, 0.717) is 22.9 Å². The van der Waals surface area contributed by atoms with E-state index >= 15 is 0 Å². The van der Waals surface area contributed by atoms with Crippen molar-refractivity contribution in [1.29, 1.82) is 0 Å². The van der Waals surface area contributed by atoms with Crippen molar-refractivity contribution >= 4 is 41.0 Å². The third kappa shape index (κ3) is 7.27. The molecule has 0 aliphatic rings. The van der Waals surface area contributed by atoms with E-state index in [1.54, 1.807) is 38.5 Å². The Hall–Kier alpha value is -4.49. The van der Waals surface area contributed by atoms with Gasteiger partial charge in [-0.25, -0.2) is 0 Å². The van der Waals surface area contributed by atoms with Gasteiger partial charge in [0.15, 0.2) is 0 Å². The van der Waals surface area contributed by atoms with Crippen LogP contribution in [-0.4, -0.2) is 26.0 Å². The van der Waals surface area contributed by atoms with Gasteiger partial charge in [0.1, 0.15) is 16.7 Å². The van der Waals surface area contributed by atoms with Crippen LogP contribution in [0.1, 0.15) is 16.4 Å². The van der Waals surface area contributed by atoms with Crippen LogP contribution in [-0.2, 0) is 9.59 Å². The van der Waals surface area contributed by atoms with Crippen molar-refractivity contribution in [3.8, 4) is 11.5 Å². The number of rotatable bonds is 10. The molecule has 2 N–H and O–H groups in total. The lowest BCUT2D eigenvalue weighted by Crippen LogP contribution is -2.19. The van der Waals surface area contributed by atoms with Gasteiger partial charge in [0, 0.05) is 22.7 Å². The van der Waals surface area contributed by atoms with E-state index in [4.69, 9.17) is 9.47 Å². The Bertz CT molecular complexity index is 1410. The smallest absolute Gasteiger partial charge is 0.248 e. The molecule has 38 heavy (non-hydrogen) atoms. The summed E-state index contributed by atoms with van der Waals surface area (Å²) in [6.45, 7) is 0. The number of benzene rings is 4. The highest BCUT2D eigenvalue weighted by Gasteiger charge is 2.23. The molecule has 0 aromatic heterocycles. The molecule has 0 aliphatic heterocycles. The molecule has 2 amide bonds. The number of hydrogen-bond donors (Lipinski definition) is 2. The Morgan fingerprint density at radius 1 is 0.789 bits per heavy atom. The second-order valence-corrected chi connectivity index (χ2v) is 9.40. The molecule has 4 aromatic rings. The molecule has 0 radical (unpaired) electrons. The minimum Gasteiger partial charge on any atom is -0.497 e. The maximum atomic E-state index is 13.5. The second kappa shape index (κ2) is 13.2. The number of ether oxygens (including phenoxy) is 2. The van der Waals surface area contributed by atoms with Gasteiger partial charge in [-0.1, -0.05) is 66.7 Å². The molecule has 6 nitrogen and oxygen atoms in total. The van der Waals surface area contributed by atoms with Crippen LogP contribution in [0.3, 0.4) is 0 Å². The number of amides is 2. The summed E-state index contributed by atoms with van der Waals surface area (Å²) in [6, 6.07) is 31.9. The number of carbonyl (C=O) groups is 2. The average molecular weight is 525 g/mol.